The lowest BCUT2D eigenvalue weighted by Crippen LogP contribution is -2.53. The molecule has 2 N–H and O–H groups in total. The van der Waals surface area contributed by atoms with Crippen LogP contribution in [0.3, 0.4) is 0 Å². The van der Waals surface area contributed by atoms with Gasteiger partial charge in [-0.15, -0.1) is 0 Å². The summed E-state index contributed by atoms with van der Waals surface area (Å²) in [6.07, 6.45) is 0.966. The Morgan fingerprint density at radius 1 is 0.973 bits per heavy atom. The van der Waals surface area contributed by atoms with Crippen molar-refractivity contribution in [3.8, 4) is 16.9 Å². The molecule has 0 bridgehead atoms. The number of likely N-dealkylation sites (tertiary alicyclic amines) is 1. The van der Waals surface area contributed by atoms with Crippen LogP contribution in [0.15, 0.2) is 53.4 Å². The molecular weight excluding hydrogens is 498 g/mol. The smallest absolute Gasteiger partial charge is 0.321 e. The summed E-state index contributed by atoms with van der Waals surface area (Å²) in [5.74, 6) is -1.13. The summed E-state index contributed by atoms with van der Waals surface area (Å²) in [4.78, 5) is 28.3. The lowest BCUT2D eigenvalue weighted by molar-refractivity contribution is -0.141. The van der Waals surface area contributed by atoms with Crippen LogP contribution in [0.4, 0.5) is 4.79 Å². The summed E-state index contributed by atoms with van der Waals surface area (Å²) in [6.45, 7) is 3.02. The number of morpholine rings is 1. The van der Waals surface area contributed by atoms with Crippen LogP contribution in [0.5, 0.6) is 5.75 Å². The quantitative estimate of drug-likeness (QED) is 0.532. The third-order valence-corrected chi connectivity index (χ3v) is 8.50. The predicted molar refractivity (Wildman–Crippen MR) is 137 cm³/mol. The molecule has 37 heavy (non-hydrogen) atoms. The Morgan fingerprint density at radius 3 is 2.05 bits per heavy atom. The highest BCUT2D eigenvalue weighted by Crippen LogP contribution is 2.25. The average molecular weight is 532 g/mol. The van der Waals surface area contributed by atoms with Gasteiger partial charge in [0.2, 0.25) is 0 Å². The summed E-state index contributed by atoms with van der Waals surface area (Å²) in [6, 6.07) is 12.9. The molecule has 2 aliphatic rings. The van der Waals surface area contributed by atoms with E-state index in [1.807, 2.05) is 24.3 Å². The number of nitrogens with one attached hydrogen (secondary N) is 1. The summed E-state index contributed by atoms with van der Waals surface area (Å²) in [5.41, 5.74) is 1.78. The minimum atomic E-state index is -3.75. The minimum Gasteiger partial charge on any atom is -0.497 e. The second-order valence-corrected chi connectivity index (χ2v) is 11.2. The van der Waals surface area contributed by atoms with Crippen molar-refractivity contribution >= 4 is 21.8 Å². The minimum absolute atomic E-state index is 0.0535. The van der Waals surface area contributed by atoms with Gasteiger partial charge in [-0.3, -0.25) is 10.1 Å². The first-order valence-electron chi connectivity index (χ1n) is 12.3. The number of nitrogens with zero attached hydrogens (tertiary/aromatic N) is 2. The lowest BCUT2D eigenvalue weighted by Gasteiger charge is -2.38. The Balaban J connectivity index is 1.34. The first-order chi connectivity index (χ1) is 17.8. The fraction of sp³-hybridized carbons (Fsp3) is 0.462. The van der Waals surface area contributed by atoms with Gasteiger partial charge in [-0.2, -0.15) is 0 Å². The number of methoxy groups -OCH3 is 1. The fourth-order valence-electron chi connectivity index (χ4n) is 4.76. The van der Waals surface area contributed by atoms with Crippen molar-refractivity contribution in [1.82, 2.24) is 15.1 Å². The monoisotopic (exact) mass is 531 g/mol. The van der Waals surface area contributed by atoms with Crippen LogP contribution in [0.2, 0.25) is 0 Å². The molecule has 0 aromatic heterocycles. The van der Waals surface area contributed by atoms with E-state index in [2.05, 4.69) is 5.32 Å². The molecule has 10 nitrogen and oxygen atoms in total. The molecule has 2 amide bonds. The molecule has 2 aliphatic heterocycles. The van der Waals surface area contributed by atoms with Crippen LogP contribution in [0.25, 0.3) is 11.1 Å². The highest BCUT2D eigenvalue weighted by atomic mass is 32.2. The number of carboxylic acid groups (broad SMARTS) is 1. The number of sulfone groups is 1. The van der Waals surface area contributed by atoms with Gasteiger partial charge in [0.05, 0.1) is 25.2 Å². The normalized spacial score (nSPS) is 17.9. The maximum absolute atomic E-state index is 12.9. The van der Waals surface area contributed by atoms with Gasteiger partial charge in [0, 0.05) is 26.2 Å². The number of carbonyl (C=O) groups excluding carboxylic acids is 1. The van der Waals surface area contributed by atoms with Gasteiger partial charge in [-0.05, 0) is 54.2 Å². The molecule has 0 radical (unpaired) electrons. The van der Waals surface area contributed by atoms with Crippen LogP contribution in [0.1, 0.15) is 12.8 Å². The number of carboxylic acids is 1. The van der Waals surface area contributed by atoms with E-state index in [1.165, 1.54) is 12.1 Å². The summed E-state index contributed by atoms with van der Waals surface area (Å²) < 4.78 is 36.4. The molecular formula is C26H33N3O7S. The standard InChI is InChI=1S/C26H33N3O7S/c1-35-22-6-2-19(3-7-22)20-4-8-23(9-5-20)37(33,34)18-27-24(25(30)31)21-10-12-28(13-11-21)26(32)29-14-16-36-17-15-29/h2-9,21,24,27H,10-18H2,1H3,(H,30,31). The van der Waals surface area contributed by atoms with E-state index in [4.69, 9.17) is 9.47 Å². The predicted octanol–water partition coefficient (Wildman–Crippen LogP) is 2.30. The third kappa shape index (κ3) is 6.60. The van der Waals surface area contributed by atoms with Crippen molar-refractivity contribution < 1.29 is 32.6 Å². The van der Waals surface area contributed by atoms with Gasteiger partial charge in [0.25, 0.3) is 0 Å². The van der Waals surface area contributed by atoms with Crippen molar-refractivity contribution in [3.05, 3.63) is 48.5 Å². The molecule has 2 fully saturated rings. The number of hydrogen-bond acceptors (Lipinski definition) is 7. The Hall–Kier alpha value is -3.15. The number of carbonyl (C=O) groups is 2. The molecule has 0 saturated carbocycles. The zero-order valence-corrected chi connectivity index (χ0v) is 21.7. The number of hydrogen-bond donors (Lipinski definition) is 2. The van der Waals surface area contributed by atoms with Gasteiger partial charge in [0.1, 0.15) is 17.7 Å². The molecule has 1 atom stereocenters. The van der Waals surface area contributed by atoms with Crippen LogP contribution >= 0.6 is 0 Å². The number of amides is 2. The number of aliphatic carboxylic acids is 1. The molecule has 2 saturated heterocycles. The van der Waals surface area contributed by atoms with Crippen molar-refractivity contribution in [2.24, 2.45) is 5.92 Å². The molecule has 2 heterocycles. The first-order valence-corrected chi connectivity index (χ1v) is 14.0. The molecule has 11 heteroatoms. The largest absolute Gasteiger partial charge is 0.497 e. The number of ether oxygens (including phenoxy) is 2. The van der Waals surface area contributed by atoms with E-state index in [1.54, 1.807) is 29.0 Å². The number of rotatable bonds is 8. The van der Waals surface area contributed by atoms with E-state index < -0.39 is 27.7 Å². The number of urea groups is 1. The van der Waals surface area contributed by atoms with Crippen LogP contribution in [-0.4, -0.2) is 93.7 Å². The first kappa shape index (κ1) is 26.9. The zero-order valence-electron chi connectivity index (χ0n) is 20.8. The van der Waals surface area contributed by atoms with Gasteiger partial charge >= 0.3 is 12.0 Å². The lowest BCUT2D eigenvalue weighted by atomic mass is 9.89. The van der Waals surface area contributed by atoms with Crippen molar-refractivity contribution in [2.45, 2.75) is 23.8 Å². The van der Waals surface area contributed by atoms with Crippen molar-refractivity contribution in [2.75, 3.05) is 52.4 Å². The second-order valence-electron chi connectivity index (χ2n) is 9.24. The van der Waals surface area contributed by atoms with E-state index in [0.29, 0.717) is 52.2 Å². The van der Waals surface area contributed by atoms with Crippen molar-refractivity contribution in [1.29, 1.82) is 0 Å². The molecule has 4 rings (SSSR count). The number of benzene rings is 2. The zero-order chi connectivity index (χ0) is 26.4. The Labute approximate surface area is 217 Å². The maximum Gasteiger partial charge on any atom is 0.321 e. The van der Waals surface area contributed by atoms with Gasteiger partial charge in [-0.25, -0.2) is 13.2 Å². The molecule has 2 aromatic carbocycles. The molecule has 1 unspecified atom stereocenters. The van der Waals surface area contributed by atoms with E-state index >= 15 is 0 Å². The Bertz CT molecular complexity index is 1170. The second kappa shape index (κ2) is 11.9. The SMILES string of the molecule is COc1ccc(-c2ccc(S(=O)(=O)CNC(C(=O)O)C3CCN(C(=O)N4CCOCC4)CC3)cc2)cc1. The fourth-order valence-corrected chi connectivity index (χ4v) is 5.87. The van der Waals surface area contributed by atoms with E-state index in [-0.39, 0.29) is 16.8 Å². The Morgan fingerprint density at radius 2 is 1.51 bits per heavy atom. The Kier molecular flexibility index (Phi) is 8.67. The van der Waals surface area contributed by atoms with E-state index in [9.17, 15) is 23.1 Å². The third-order valence-electron chi connectivity index (χ3n) is 6.96. The molecule has 0 spiro atoms. The van der Waals surface area contributed by atoms with Gasteiger partial charge in [0.15, 0.2) is 9.84 Å². The molecule has 200 valence electrons. The van der Waals surface area contributed by atoms with Gasteiger partial charge < -0.3 is 24.4 Å². The van der Waals surface area contributed by atoms with E-state index in [0.717, 1.165) is 16.9 Å². The molecule has 2 aromatic rings. The average Bonchev–Trinajstić information content (AvgIpc) is 2.93. The van der Waals surface area contributed by atoms with Crippen LogP contribution < -0.4 is 10.1 Å². The number of piperidine rings is 1. The van der Waals surface area contributed by atoms with Crippen LogP contribution in [-0.2, 0) is 19.4 Å². The highest BCUT2D eigenvalue weighted by Gasteiger charge is 2.34. The molecule has 0 aliphatic carbocycles. The van der Waals surface area contributed by atoms with Crippen molar-refractivity contribution in [3.63, 3.8) is 0 Å². The van der Waals surface area contributed by atoms with Crippen LogP contribution in [0, 0.1) is 5.92 Å². The highest BCUT2D eigenvalue weighted by molar-refractivity contribution is 7.91. The summed E-state index contributed by atoms with van der Waals surface area (Å²) >= 11 is 0. The summed E-state index contributed by atoms with van der Waals surface area (Å²) in [7, 11) is -2.16. The topological polar surface area (TPSA) is 125 Å². The van der Waals surface area contributed by atoms with Gasteiger partial charge in [-0.1, -0.05) is 24.3 Å². The maximum atomic E-state index is 12.9. The summed E-state index contributed by atoms with van der Waals surface area (Å²) in [5, 5.41) is 12.6.